The Hall–Kier alpha value is -1.75. The predicted molar refractivity (Wildman–Crippen MR) is 89.1 cm³/mol. The molecule has 0 unspecified atom stereocenters. The molecule has 5 heteroatoms. The average Bonchev–Trinajstić information content (AvgIpc) is 3.06. The topological polar surface area (TPSA) is 44.8 Å². The van der Waals surface area contributed by atoms with Gasteiger partial charge in [-0.15, -0.1) is 0 Å². The van der Waals surface area contributed by atoms with Crippen LogP contribution in [0.4, 0.5) is 0 Å². The van der Waals surface area contributed by atoms with Crippen molar-refractivity contribution in [3.8, 4) is 11.5 Å². The summed E-state index contributed by atoms with van der Waals surface area (Å²) >= 11 is 0. The van der Waals surface area contributed by atoms with Gasteiger partial charge in [0.25, 0.3) is 0 Å². The number of carbonyl (C=O) groups excluding carboxylic acids is 1. The van der Waals surface area contributed by atoms with Crippen molar-refractivity contribution >= 4 is 5.97 Å². The first-order valence-corrected chi connectivity index (χ1v) is 9.07. The van der Waals surface area contributed by atoms with E-state index in [2.05, 4.69) is 7.05 Å². The van der Waals surface area contributed by atoms with E-state index in [9.17, 15) is 4.79 Å². The van der Waals surface area contributed by atoms with Crippen molar-refractivity contribution in [2.75, 3.05) is 33.5 Å². The van der Waals surface area contributed by atoms with E-state index in [1.807, 2.05) is 0 Å². The van der Waals surface area contributed by atoms with Gasteiger partial charge < -0.3 is 18.7 Å². The lowest BCUT2D eigenvalue weighted by Crippen LogP contribution is -2.61. The highest BCUT2D eigenvalue weighted by molar-refractivity contribution is 5.90. The molecule has 5 nitrogen and oxygen atoms in total. The molecular formula is C19H26NO4+. The predicted octanol–water partition coefficient (Wildman–Crippen LogP) is 2.98. The van der Waals surface area contributed by atoms with Crippen LogP contribution in [0.25, 0.3) is 0 Å². The number of carbonyl (C=O) groups is 1. The van der Waals surface area contributed by atoms with Crippen molar-refractivity contribution in [3.63, 3.8) is 0 Å². The van der Waals surface area contributed by atoms with Crippen molar-refractivity contribution in [3.05, 3.63) is 23.8 Å². The minimum atomic E-state index is -0.260. The zero-order chi connectivity index (χ0) is 16.6. The third kappa shape index (κ3) is 2.86. The number of nitrogens with zero attached hydrogens (tertiary/aromatic N) is 1. The summed E-state index contributed by atoms with van der Waals surface area (Å²) in [4.78, 5) is 12.4. The van der Waals surface area contributed by atoms with Crippen LogP contribution in [-0.2, 0) is 4.74 Å². The van der Waals surface area contributed by atoms with Gasteiger partial charge in [0, 0.05) is 12.3 Å². The van der Waals surface area contributed by atoms with E-state index in [0.717, 1.165) is 0 Å². The van der Waals surface area contributed by atoms with E-state index in [0.29, 0.717) is 35.6 Å². The van der Waals surface area contributed by atoms with E-state index >= 15 is 0 Å². The largest absolute Gasteiger partial charge is 0.462 e. The zero-order valence-corrected chi connectivity index (χ0v) is 14.3. The molecule has 24 heavy (non-hydrogen) atoms. The van der Waals surface area contributed by atoms with Gasteiger partial charge in [0.2, 0.25) is 6.79 Å². The number of piperidine rings is 2. The van der Waals surface area contributed by atoms with E-state index in [1.54, 1.807) is 18.2 Å². The number of quaternary nitrogens is 1. The van der Waals surface area contributed by atoms with Crippen LogP contribution in [0.3, 0.4) is 0 Å². The van der Waals surface area contributed by atoms with Gasteiger partial charge in [-0.1, -0.05) is 0 Å². The lowest BCUT2D eigenvalue weighted by molar-refractivity contribution is -0.947. The van der Waals surface area contributed by atoms with Crippen LogP contribution in [0, 0.1) is 5.92 Å². The Kier molecular flexibility index (Phi) is 4.12. The van der Waals surface area contributed by atoms with Crippen LogP contribution in [0.15, 0.2) is 18.2 Å². The molecule has 0 spiro atoms. The molecule has 0 radical (unpaired) electrons. The molecule has 2 saturated heterocycles. The summed E-state index contributed by atoms with van der Waals surface area (Å²) in [5.41, 5.74) is 0.538. The molecule has 1 aromatic carbocycles. The molecule has 0 amide bonds. The normalized spacial score (nSPS) is 31.4. The third-order valence-corrected chi connectivity index (χ3v) is 6.04. The van der Waals surface area contributed by atoms with Gasteiger partial charge in [-0.05, 0) is 43.9 Å². The second kappa shape index (κ2) is 6.28. The number of benzene rings is 1. The summed E-state index contributed by atoms with van der Waals surface area (Å²) in [6.07, 6.45) is 6.32. The summed E-state index contributed by atoms with van der Waals surface area (Å²) < 4.78 is 17.5. The number of hydrogen-bond acceptors (Lipinski definition) is 4. The SMILES string of the molecule is C[N@+]12CCCC[C@H]1[C@H](COC(=O)c1ccc3c(c1)OCO3)CCC2. The first kappa shape index (κ1) is 15.8. The Labute approximate surface area is 143 Å². The molecule has 3 aliphatic heterocycles. The third-order valence-electron chi connectivity index (χ3n) is 6.04. The van der Waals surface area contributed by atoms with E-state index in [1.165, 1.54) is 49.7 Å². The molecule has 1 aromatic rings. The van der Waals surface area contributed by atoms with Gasteiger partial charge in [0.15, 0.2) is 11.5 Å². The Bertz CT molecular complexity index is 628. The van der Waals surface area contributed by atoms with Crippen LogP contribution in [0.1, 0.15) is 42.5 Å². The molecule has 0 bridgehead atoms. The minimum absolute atomic E-state index is 0.216. The molecule has 0 N–H and O–H groups in total. The molecule has 3 aliphatic rings. The van der Waals surface area contributed by atoms with Crippen LogP contribution in [-0.4, -0.2) is 50.0 Å². The Balaban J connectivity index is 1.40. The summed E-state index contributed by atoms with van der Waals surface area (Å²) in [6, 6.07) is 5.88. The quantitative estimate of drug-likeness (QED) is 0.630. The van der Waals surface area contributed by atoms with Crippen LogP contribution in [0.5, 0.6) is 11.5 Å². The molecule has 0 aromatic heterocycles. The van der Waals surface area contributed by atoms with E-state index in [4.69, 9.17) is 14.2 Å². The maximum Gasteiger partial charge on any atom is 0.338 e. The minimum Gasteiger partial charge on any atom is -0.462 e. The highest BCUT2D eigenvalue weighted by Crippen LogP contribution is 2.36. The maximum atomic E-state index is 12.4. The standard InChI is InChI=1S/C19H26NO4/c1-20-9-3-2-6-16(20)15(5-4-10-20)12-22-19(21)14-7-8-17-18(11-14)24-13-23-17/h7-8,11,15-16H,2-6,9-10,12-13H2,1H3/q+1/t15-,16-,20+/m0/s1. The van der Waals surface area contributed by atoms with Crippen molar-refractivity contribution in [1.29, 1.82) is 0 Å². The number of esters is 1. The highest BCUT2D eigenvalue weighted by Gasteiger charge is 2.43. The molecule has 2 fully saturated rings. The lowest BCUT2D eigenvalue weighted by Gasteiger charge is -2.51. The molecule has 130 valence electrons. The Morgan fingerprint density at radius 3 is 2.92 bits per heavy atom. The fourth-order valence-corrected chi connectivity index (χ4v) is 4.72. The van der Waals surface area contributed by atoms with Gasteiger partial charge >= 0.3 is 5.97 Å². The van der Waals surface area contributed by atoms with E-state index in [-0.39, 0.29) is 12.8 Å². The second-order valence-electron chi connectivity index (χ2n) is 7.56. The first-order chi connectivity index (χ1) is 11.7. The smallest absolute Gasteiger partial charge is 0.338 e. The molecule has 3 atom stereocenters. The van der Waals surface area contributed by atoms with Gasteiger partial charge in [0.05, 0.1) is 31.7 Å². The monoisotopic (exact) mass is 332 g/mol. The maximum absolute atomic E-state index is 12.4. The van der Waals surface area contributed by atoms with Gasteiger partial charge in [0.1, 0.15) is 6.61 Å². The molecular weight excluding hydrogens is 306 g/mol. The Morgan fingerprint density at radius 2 is 2.00 bits per heavy atom. The second-order valence-corrected chi connectivity index (χ2v) is 7.56. The number of fused-ring (bicyclic) bond motifs is 2. The van der Waals surface area contributed by atoms with Crippen LogP contribution in [0.2, 0.25) is 0 Å². The van der Waals surface area contributed by atoms with Crippen molar-refractivity contribution in [1.82, 2.24) is 0 Å². The molecule has 0 aliphatic carbocycles. The van der Waals surface area contributed by atoms with Crippen LogP contribution < -0.4 is 9.47 Å². The van der Waals surface area contributed by atoms with E-state index < -0.39 is 0 Å². The fraction of sp³-hybridized carbons (Fsp3) is 0.632. The summed E-state index contributed by atoms with van der Waals surface area (Å²) in [7, 11) is 2.38. The van der Waals surface area contributed by atoms with Gasteiger partial charge in [-0.3, -0.25) is 0 Å². The fourth-order valence-electron chi connectivity index (χ4n) is 4.72. The van der Waals surface area contributed by atoms with Crippen molar-refractivity contribution < 1.29 is 23.5 Å². The van der Waals surface area contributed by atoms with Crippen molar-refractivity contribution in [2.24, 2.45) is 5.92 Å². The Morgan fingerprint density at radius 1 is 1.17 bits per heavy atom. The number of rotatable bonds is 3. The number of ether oxygens (including phenoxy) is 3. The molecule has 0 saturated carbocycles. The molecule has 4 rings (SSSR count). The molecule has 3 heterocycles. The van der Waals surface area contributed by atoms with Gasteiger partial charge in [-0.25, -0.2) is 4.79 Å². The summed E-state index contributed by atoms with van der Waals surface area (Å²) in [5, 5.41) is 0. The summed E-state index contributed by atoms with van der Waals surface area (Å²) in [5.74, 6) is 1.54. The van der Waals surface area contributed by atoms with Crippen LogP contribution >= 0.6 is 0 Å². The number of hydrogen-bond donors (Lipinski definition) is 0. The first-order valence-electron chi connectivity index (χ1n) is 9.07. The zero-order valence-electron chi connectivity index (χ0n) is 14.3. The highest BCUT2D eigenvalue weighted by atomic mass is 16.7. The average molecular weight is 332 g/mol. The summed E-state index contributed by atoms with van der Waals surface area (Å²) in [6.45, 7) is 3.30. The lowest BCUT2D eigenvalue weighted by atomic mass is 9.82. The van der Waals surface area contributed by atoms with Crippen molar-refractivity contribution in [2.45, 2.75) is 38.1 Å². The van der Waals surface area contributed by atoms with Gasteiger partial charge in [-0.2, -0.15) is 0 Å².